The molecule has 0 amide bonds. The molecular formula is C13H16FNO2. The van der Waals surface area contributed by atoms with Crippen LogP contribution in [0.3, 0.4) is 0 Å². The lowest BCUT2D eigenvalue weighted by Gasteiger charge is -2.21. The lowest BCUT2D eigenvalue weighted by atomic mass is 10.1. The predicted molar refractivity (Wildman–Crippen MR) is 63.9 cm³/mol. The van der Waals surface area contributed by atoms with E-state index in [1.807, 2.05) is 11.9 Å². The van der Waals surface area contributed by atoms with E-state index in [9.17, 15) is 9.18 Å². The number of carboxylic acids is 1. The fourth-order valence-corrected chi connectivity index (χ4v) is 2.12. The van der Waals surface area contributed by atoms with E-state index < -0.39 is 11.8 Å². The Morgan fingerprint density at radius 1 is 1.59 bits per heavy atom. The summed E-state index contributed by atoms with van der Waals surface area (Å²) < 4.78 is 13.0. The first-order valence-corrected chi connectivity index (χ1v) is 5.73. The van der Waals surface area contributed by atoms with E-state index in [2.05, 4.69) is 6.92 Å². The zero-order valence-corrected chi connectivity index (χ0v) is 9.98. The van der Waals surface area contributed by atoms with Crippen molar-refractivity contribution in [3.63, 3.8) is 0 Å². The number of benzene rings is 1. The molecule has 1 fully saturated rings. The zero-order valence-electron chi connectivity index (χ0n) is 9.98. The first-order chi connectivity index (χ1) is 7.99. The second kappa shape index (κ2) is 4.35. The van der Waals surface area contributed by atoms with Gasteiger partial charge < -0.3 is 10.0 Å². The van der Waals surface area contributed by atoms with Gasteiger partial charge in [0.05, 0.1) is 11.3 Å². The van der Waals surface area contributed by atoms with Crippen molar-refractivity contribution >= 4 is 11.7 Å². The van der Waals surface area contributed by atoms with Crippen LogP contribution in [0, 0.1) is 17.7 Å². The summed E-state index contributed by atoms with van der Waals surface area (Å²) in [6.45, 7) is 3.01. The zero-order chi connectivity index (χ0) is 12.6. The molecule has 2 unspecified atom stereocenters. The number of halogens is 1. The molecule has 0 saturated heterocycles. The third-order valence-electron chi connectivity index (χ3n) is 3.38. The number of carbonyl (C=O) groups is 1. The van der Waals surface area contributed by atoms with Gasteiger partial charge in [-0.1, -0.05) is 6.92 Å². The lowest BCUT2D eigenvalue weighted by molar-refractivity contribution is 0.0697. The Kier molecular flexibility index (Phi) is 3.05. The molecule has 1 N–H and O–H groups in total. The fraction of sp³-hybridized carbons (Fsp3) is 0.462. The van der Waals surface area contributed by atoms with Gasteiger partial charge in [-0.2, -0.15) is 0 Å². The van der Waals surface area contributed by atoms with E-state index in [1.54, 1.807) is 0 Å². The molecule has 3 nitrogen and oxygen atoms in total. The van der Waals surface area contributed by atoms with Crippen LogP contribution in [-0.2, 0) is 0 Å². The Balaban J connectivity index is 2.21. The van der Waals surface area contributed by atoms with E-state index in [0.717, 1.165) is 12.6 Å². The van der Waals surface area contributed by atoms with Crippen LogP contribution in [0.4, 0.5) is 10.1 Å². The number of nitrogens with zero attached hydrogens (tertiary/aromatic N) is 1. The van der Waals surface area contributed by atoms with Crippen molar-refractivity contribution in [1.29, 1.82) is 0 Å². The summed E-state index contributed by atoms with van der Waals surface area (Å²) in [5.41, 5.74) is 0.610. The molecule has 0 bridgehead atoms. The second-order valence-corrected chi connectivity index (χ2v) is 4.82. The molecule has 1 aliphatic rings. The van der Waals surface area contributed by atoms with E-state index in [-0.39, 0.29) is 5.56 Å². The van der Waals surface area contributed by atoms with Crippen LogP contribution in [0.15, 0.2) is 18.2 Å². The highest BCUT2D eigenvalue weighted by Gasteiger charge is 2.33. The smallest absolute Gasteiger partial charge is 0.337 e. The van der Waals surface area contributed by atoms with Crippen molar-refractivity contribution in [3.8, 4) is 0 Å². The molecule has 0 heterocycles. The topological polar surface area (TPSA) is 40.5 Å². The van der Waals surface area contributed by atoms with Gasteiger partial charge in [-0.05, 0) is 36.5 Å². The van der Waals surface area contributed by atoms with Crippen LogP contribution < -0.4 is 4.90 Å². The van der Waals surface area contributed by atoms with Gasteiger partial charge in [0.1, 0.15) is 5.82 Å². The molecule has 1 aromatic carbocycles. The Labute approximate surface area is 99.9 Å². The summed E-state index contributed by atoms with van der Waals surface area (Å²) >= 11 is 0. The van der Waals surface area contributed by atoms with Crippen molar-refractivity contribution in [3.05, 3.63) is 29.6 Å². The van der Waals surface area contributed by atoms with Gasteiger partial charge in [-0.15, -0.1) is 0 Å². The summed E-state index contributed by atoms with van der Waals surface area (Å²) in [6.07, 6.45) is 1.19. The quantitative estimate of drug-likeness (QED) is 0.875. The van der Waals surface area contributed by atoms with Crippen LogP contribution >= 0.6 is 0 Å². The average Bonchev–Trinajstić information content (AvgIpc) is 2.93. The van der Waals surface area contributed by atoms with Crippen LogP contribution in [0.25, 0.3) is 0 Å². The fourth-order valence-electron chi connectivity index (χ4n) is 2.12. The molecule has 0 spiro atoms. The van der Waals surface area contributed by atoms with Crippen LogP contribution in [0.5, 0.6) is 0 Å². The Bertz CT molecular complexity index is 447. The van der Waals surface area contributed by atoms with E-state index in [4.69, 9.17) is 5.11 Å². The van der Waals surface area contributed by atoms with Gasteiger partial charge in [-0.3, -0.25) is 0 Å². The van der Waals surface area contributed by atoms with E-state index in [1.165, 1.54) is 18.6 Å². The Hall–Kier alpha value is -1.58. The number of aromatic carboxylic acids is 1. The molecule has 0 radical (unpaired) electrons. The molecule has 1 saturated carbocycles. The van der Waals surface area contributed by atoms with E-state index >= 15 is 0 Å². The highest BCUT2D eigenvalue weighted by molar-refractivity contribution is 5.94. The maximum atomic E-state index is 13.0. The SMILES string of the molecule is CC1CC1CN(C)c1ccc(F)cc1C(=O)O. The molecule has 0 aromatic heterocycles. The summed E-state index contributed by atoms with van der Waals surface area (Å²) in [5, 5.41) is 9.05. The molecule has 4 heteroatoms. The van der Waals surface area contributed by atoms with Gasteiger partial charge in [0.25, 0.3) is 0 Å². The summed E-state index contributed by atoms with van der Waals surface area (Å²) in [7, 11) is 1.85. The third-order valence-corrected chi connectivity index (χ3v) is 3.38. The monoisotopic (exact) mass is 237 g/mol. The molecule has 2 rings (SSSR count). The molecule has 17 heavy (non-hydrogen) atoms. The summed E-state index contributed by atoms with van der Waals surface area (Å²) in [6, 6.07) is 3.91. The molecule has 1 aliphatic carbocycles. The first kappa shape index (κ1) is 11.9. The van der Waals surface area contributed by atoms with Crippen LogP contribution in [0.2, 0.25) is 0 Å². The maximum Gasteiger partial charge on any atom is 0.337 e. The van der Waals surface area contributed by atoms with E-state index in [0.29, 0.717) is 17.5 Å². The largest absolute Gasteiger partial charge is 0.478 e. The Morgan fingerprint density at radius 2 is 2.24 bits per heavy atom. The average molecular weight is 237 g/mol. The lowest BCUT2D eigenvalue weighted by Crippen LogP contribution is -2.23. The molecule has 2 atom stereocenters. The number of hydrogen-bond acceptors (Lipinski definition) is 2. The number of hydrogen-bond donors (Lipinski definition) is 1. The van der Waals surface area contributed by atoms with Crippen molar-refractivity contribution in [2.45, 2.75) is 13.3 Å². The minimum atomic E-state index is -1.09. The van der Waals surface area contributed by atoms with Crippen molar-refractivity contribution in [2.24, 2.45) is 11.8 Å². The van der Waals surface area contributed by atoms with Crippen molar-refractivity contribution in [1.82, 2.24) is 0 Å². The van der Waals surface area contributed by atoms with Gasteiger partial charge in [0, 0.05) is 13.6 Å². The van der Waals surface area contributed by atoms with Crippen LogP contribution in [-0.4, -0.2) is 24.7 Å². The molecule has 1 aromatic rings. The molecule has 0 aliphatic heterocycles. The van der Waals surface area contributed by atoms with Crippen molar-refractivity contribution < 1.29 is 14.3 Å². The van der Waals surface area contributed by atoms with Gasteiger partial charge in [-0.25, -0.2) is 9.18 Å². The van der Waals surface area contributed by atoms with Gasteiger partial charge in [0.15, 0.2) is 0 Å². The minimum absolute atomic E-state index is 0.0285. The standard InChI is InChI=1S/C13H16FNO2/c1-8-5-9(8)7-15(2)12-4-3-10(14)6-11(12)13(16)17/h3-4,6,8-9H,5,7H2,1-2H3,(H,16,17). The summed E-state index contributed by atoms with van der Waals surface area (Å²) in [4.78, 5) is 13.0. The second-order valence-electron chi connectivity index (χ2n) is 4.82. The van der Waals surface area contributed by atoms with Gasteiger partial charge >= 0.3 is 5.97 Å². The molecular weight excluding hydrogens is 221 g/mol. The minimum Gasteiger partial charge on any atom is -0.478 e. The predicted octanol–water partition coefficient (Wildman–Crippen LogP) is 2.62. The van der Waals surface area contributed by atoms with Crippen molar-refractivity contribution in [2.75, 3.05) is 18.5 Å². The number of rotatable bonds is 4. The summed E-state index contributed by atoms with van der Waals surface area (Å²) in [5.74, 6) is -0.257. The third kappa shape index (κ3) is 2.57. The maximum absolute atomic E-state index is 13.0. The molecule has 92 valence electrons. The number of anilines is 1. The normalized spacial score (nSPS) is 22.3. The Morgan fingerprint density at radius 3 is 2.76 bits per heavy atom. The first-order valence-electron chi connectivity index (χ1n) is 5.73. The number of carboxylic acid groups (broad SMARTS) is 1. The highest BCUT2D eigenvalue weighted by atomic mass is 19.1. The highest BCUT2D eigenvalue weighted by Crippen LogP contribution is 2.39. The van der Waals surface area contributed by atoms with Gasteiger partial charge in [0.2, 0.25) is 0 Å². The van der Waals surface area contributed by atoms with Crippen LogP contribution in [0.1, 0.15) is 23.7 Å².